The number of thioether (sulfide) groups is 1. The molecule has 1 aromatic carbocycles. The van der Waals surface area contributed by atoms with Crippen molar-refractivity contribution in [2.75, 3.05) is 19.3 Å². The van der Waals surface area contributed by atoms with Gasteiger partial charge in [0, 0.05) is 54.8 Å². The molecule has 138 valence electrons. The Hall–Kier alpha value is -1.99. The van der Waals surface area contributed by atoms with Gasteiger partial charge in [0.15, 0.2) is 0 Å². The van der Waals surface area contributed by atoms with Gasteiger partial charge in [-0.05, 0) is 30.0 Å². The Morgan fingerprint density at radius 1 is 1.35 bits per heavy atom. The Morgan fingerprint density at radius 3 is 2.73 bits per heavy atom. The Balaban J connectivity index is 1.45. The molecule has 0 aliphatic carbocycles. The second-order valence-electron chi connectivity index (χ2n) is 5.95. The smallest absolute Gasteiger partial charge is 0.317 e. The first kappa shape index (κ1) is 18.8. The van der Waals surface area contributed by atoms with Crippen molar-refractivity contribution in [3.8, 4) is 6.01 Å². The summed E-state index contributed by atoms with van der Waals surface area (Å²) in [5, 5.41) is 3.62. The molecule has 0 unspecified atom stereocenters. The topological polar surface area (TPSA) is 67.4 Å². The molecular weight excluding hydrogens is 372 g/mol. The molecule has 1 saturated heterocycles. The molecule has 1 aliphatic heterocycles. The highest BCUT2D eigenvalue weighted by Gasteiger charge is 2.24. The minimum absolute atomic E-state index is 0.0370. The molecule has 0 bridgehead atoms. The first-order valence-electron chi connectivity index (χ1n) is 8.44. The summed E-state index contributed by atoms with van der Waals surface area (Å²) in [6.07, 6.45) is 6.87. The molecule has 2 heterocycles. The third kappa shape index (κ3) is 5.02. The van der Waals surface area contributed by atoms with Gasteiger partial charge in [0.1, 0.15) is 6.10 Å². The number of rotatable bonds is 5. The van der Waals surface area contributed by atoms with Crippen molar-refractivity contribution in [3.05, 3.63) is 47.2 Å². The Morgan fingerprint density at radius 2 is 2.08 bits per heavy atom. The van der Waals surface area contributed by atoms with Gasteiger partial charge < -0.3 is 15.0 Å². The molecule has 6 nitrogen and oxygen atoms in total. The number of hydrogen-bond acceptors (Lipinski definition) is 5. The molecular formula is C18H21ClN4O2S. The van der Waals surface area contributed by atoms with Crippen molar-refractivity contribution in [1.82, 2.24) is 20.2 Å². The number of hydrogen-bond donors (Lipinski definition) is 1. The SMILES string of the molecule is CSc1ccc(CNC(=O)N2CCC(Oc3ncccn3)CC2)c(Cl)c1. The van der Waals surface area contributed by atoms with E-state index in [0.29, 0.717) is 30.7 Å². The van der Waals surface area contributed by atoms with E-state index in [1.54, 1.807) is 35.1 Å². The van der Waals surface area contributed by atoms with Crippen LogP contribution in [0.4, 0.5) is 4.79 Å². The summed E-state index contributed by atoms with van der Waals surface area (Å²) >= 11 is 7.91. The number of nitrogens with zero attached hydrogens (tertiary/aromatic N) is 3. The second kappa shape index (κ2) is 9.09. The van der Waals surface area contributed by atoms with Gasteiger partial charge >= 0.3 is 12.0 Å². The Bertz CT molecular complexity index is 739. The summed E-state index contributed by atoms with van der Waals surface area (Å²) < 4.78 is 5.75. The molecule has 8 heteroatoms. The number of likely N-dealkylation sites (tertiary alicyclic amines) is 1. The van der Waals surface area contributed by atoms with Crippen LogP contribution in [0.15, 0.2) is 41.6 Å². The first-order chi connectivity index (χ1) is 12.7. The predicted molar refractivity (Wildman–Crippen MR) is 103 cm³/mol. The Kier molecular flexibility index (Phi) is 6.57. The lowest BCUT2D eigenvalue weighted by Crippen LogP contribution is -2.46. The third-order valence-electron chi connectivity index (χ3n) is 4.23. The summed E-state index contributed by atoms with van der Waals surface area (Å²) in [5.41, 5.74) is 0.914. The molecule has 2 amide bonds. The highest BCUT2D eigenvalue weighted by Crippen LogP contribution is 2.23. The van der Waals surface area contributed by atoms with E-state index in [-0.39, 0.29) is 12.1 Å². The highest BCUT2D eigenvalue weighted by atomic mass is 35.5. The third-order valence-corrected chi connectivity index (χ3v) is 5.31. The van der Waals surface area contributed by atoms with Crippen molar-refractivity contribution >= 4 is 29.4 Å². The molecule has 3 rings (SSSR count). The van der Waals surface area contributed by atoms with Gasteiger partial charge in [0.25, 0.3) is 0 Å². The van der Waals surface area contributed by atoms with Gasteiger partial charge in [-0.15, -0.1) is 11.8 Å². The van der Waals surface area contributed by atoms with E-state index in [1.165, 1.54) is 0 Å². The van der Waals surface area contributed by atoms with Crippen LogP contribution >= 0.6 is 23.4 Å². The van der Waals surface area contributed by atoms with Crippen LogP contribution in [0.1, 0.15) is 18.4 Å². The van der Waals surface area contributed by atoms with Crippen molar-refractivity contribution in [3.63, 3.8) is 0 Å². The van der Waals surface area contributed by atoms with Crippen LogP contribution in [0, 0.1) is 0 Å². The molecule has 0 spiro atoms. The average molecular weight is 393 g/mol. The quantitative estimate of drug-likeness (QED) is 0.787. The summed E-state index contributed by atoms with van der Waals surface area (Å²) in [5.74, 6) is 0. The summed E-state index contributed by atoms with van der Waals surface area (Å²) in [4.78, 5) is 23.4. The number of carbonyl (C=O) groups excluding carboxylic acids is 1. The van der Waals surface area contributed by atoms with Gasteiger partial charge in [0.2, 0.25) is 0 Å². The van der Waals surface area contributed by atoms with E-state index in [0.717, 1.165) is 23.3 Å². The normalized spacial score (nSPS) is 14.9. The predicted octanol–water partition coefficient (Wildman–Crippen LogP) is 3.60. The van der Waals surface area contributed by atoms with Crippen molar-refractivity contribution in [2.24, 2.45) is 0 Å². The maximum Gasteiger partial charge on any atom is 0.317 e. The van der Waals surface area contributed by atoms with Gasteiger partial charge in [-0.1, -0.05) is 17.7 Å². The number of nitrogens with one attached hydrogen (secondary N) is 1. The number of urea groups is 1. The maximum atomic E-state index is 12.4. The number of amides is 2. The molecule has 26 heavy (non-hydrogen) atoms. The van der Waals surface area contributed by atoms with Crippen molar-refractivity contribution in [1.29, 1.82) is 0 Å². The average Bonchev–Trinajstić information content (AvgIpc) is 2.68. The number of ether oxygens (including phenoxy) is 1. The van der Waals surface area contributed by atoms with Crippen molar-refractivity contribution < 1.29 is 9.53 Å². The van der Waals surface area contributed by atoms with Crippen LogP contribution in [-0.2, 0) is 6.54 Å². The number of benzene rings is 1. The van der Waals surface area contributed by atoms with Gasteiger partial charge in [-0.25, -0.2) is 14.8 Å². The lowest BCUT2D eigenvalue weighted by atomic mass is 10.1. The number of piperidine rings is 1. The van der Waals surface area contributed by atoms with Crippen LogP contribution in [-0.4, -0.2) is 46.3 Å². The lowest BCUT2D eigenvalue weighted by Gasteiger charge is -2.31. The minimum atomic E-state index is -0.0792. The van der Waals surface area contributed by atoms with E-state index in [1.807, 2.05) is 24.5 Å². The standard InChI is InChI=1S/C18H21ClN4O2S/c1-26-15-4-3-13(16(19)11-15)12-22-18(24)23-9-5-14(6-10-23)25-17-20-7-2-8-21-17/h2-4,7-8,11,14H,5-6,9-10,12H2,1H3,(H,22,24). The van der Waals surface area contributed by atoms with Crippen LogP contribution in [0.2, 0.25) is 5.02 Å². The largest absolute Gasteiger partial charge is 0.460 e. The zero-order valence-corrected chi connectivity index (χ0v) is 16.1. The van der Waals surface area contributed by atoms with E-state index in [2.05, 4.69) is 15.3 Å². The van der Waals surface area contributed by atoms with Gasteiger partial charge in [0.05, 0.1) is 0 Å². The maximum absolute atomic E-state index is 12.4. The summed E-state index contributed by atoms with van der Waals surface area (Å²) in [6.45, 7) is 1.70. The van der Waals surface area contributed by atoms with Gasteiger partial charge in [-0.2, -0.15) is 0 Å². The fourth-order valence-corrected chi connectivity index (χ4v) is 3.50. The van der Waals surface area contributed by atoms with Crippen LogP contribution in [0.3, 0.4) is 0 Å². The zero-order chi connectivity index (χ0) is 18.4. The summed E-state index contributed by atoms with van der Waals surface area (Å²) in [6, 6.07) is 7.94. The molecule has 1 fully saturated rings. The minimum Gasteiger partial charge on any atom is -0.460 e. The van der Waals surface area contributed by atoms with E-state index >= 15 is 0 Å². The van der Waals surface area contributed by atoms with Crippen molar-refractivity contribution in [2.45, 2.75) is 30.4 Å². The fraction of sp³-hybridized carbons (Fsp3) is 0.389. The molecule has 0 atom stereocenters. The molecule has 2 aromatic rings. The van der Waals surface area contributed by atoms with Gasteiger partial charge in [-0.3, -0.25) is 0 Å². The number of aromatic nitrogens is 2. The molecule has 0 saturated carbocycles. The van der Waals surface area contributed by atoms with Crippen LogP contribution in [0.25, 0.3) is 0 Å². The summed E-state index contributed by atoms with van der Waals surface area (Å²) in [7, 11) is 0. The molecule has 1 aliphatic rings. The second-order valence-corrected chi connectivity index (χ2v) is 7.24. The number of carbonyl (C=O) groups is 1. The Labute approximate surface area is 162 Å². The van der Waals surface area contributed by atoms with E-state index < -0.39 is 0 Å². The lowest BCUT2D eigenvalue weighted by molar-refractivity contribution is 0.103. The first-order valence-corrected chi connectivity index (χ1v) is 10.0. The van der Waals surface area contributed by atoms with Crippen LogP contribution in [0.5, 0.6) is 6.01 Å². The highest BCUT2D eigenvalue weighted by molar-refractivity contribution is 7.98. The van der Waals surface area contributed by atoms with Crippen LogP contribution < -0.4 is 10.1 Å². The molecule has 0 radical (unpaired) electrons. The monoisotopic (exact) mass is 392 g/mol. The molecule has 1 aromatic heterocycles. The van der Waals surface area contributed by atoms with E-state index in [4.69, 9.17) is 16.3 Å². The van der Waals surface area contributed by atoms with E-state index in [9.17, 15) is 4.79 Å². The zero-order valence-electron chi connectivity index (χ0n) is 14.5. The molecule has 1 N–H and O–H groups in total. The fourth-order valence-electron chi connectivity index (χ4n) is 2.75. The number of halogens is 1.